The second-order valence-corrected chi connectivity index (χ2v) is 15.2. The van der Waals surface area contributed by atoms with Crippen molar-refractivity contribution in [3.63, 3.8) is 0 Å². The molecule has 232 valence electrons. The summed E-state index contributed by atoms with van der Waals surface area (Å²) in [4.78, 5) is 0. The van der Waals surface area contributed by atoms with Crippen molar-refractivity contribution in [3.05, 3.63) is 170 Å². The predicted molar refractivity (Wildman–Crippen MR) is 221 cm³/mol. The monoisotopic (exact) mass is 668 g/mol. The van der Waals surface area contributed by atoms with E-state index in [4.69, 9.17) is 0 Å². The molecule has 2 heterocycles. The molecule has 9 aromatic carbocycles. The first kappa shape index (κ1) is 28.1. The third-order valence-electron chi connectivity index (χ3n) is 10.5. The molecule has 0 spiro atoms. The van der Waals surface area contributed by atoms with Crippen LogP contribution in [0.1, 0.15) is 0 Å². The summed E-state index contributed by atoms with van der Waals surface area (Å²) in [6.07, 6.45) is 0. The van der Waals surface area contributed by atoms with Crippen LogP contribution in [0.3, 0.4) is 0 Å². The maximum absolute atomic E-state index is 2.45. The molecule has 2 heteroatoms. The Hall–Kier alpha value is -5.80. The molecule has 0 unspecified atom stereocenters. The standard InChI is InChI=1S/C48H28S2/c1-2-12-29(13-3-1)31-23-24-39(33-15-5-4-14-32(31)33)46-37-19-8-6-17-35(37)45(36-18-7-9-20-38(36)46)30-22-27-44-42(28-30)41-26-25-40-34-16-10-11-21-43(34)49-47(40)48(41)50-44/h1-28H. The lowest BCUT2D eigenvalue weighted by molar-refractivity contribution is 1.64. The maximum Gasteiger partial charge on any atom is 0.0534 e. The first-order valence-electron chi connectivity index (χ1n) is 17.1. The van der Waals surface area contributed by atoms with Gasteiger partial charge in [0.2, 0.25) is 0 Å². The Bertz CT molecular complexity index is 3080. The summed E-state index contributed by atoms with van der Waals surface area (Å²) in [7, 11) is 0. The number of benzene rings is 9. The zero-order valence-electron chi connectivity index (χ0n) is 27.0. The Morgan fingerprint density at radius 3 is 1.40 bits per heavy atom. The van der Waals surface area contributed by atoms with Crippen LogP contribution < -0.4 is 0 Å². The molecule has 0 radical (unpaired) electrons. The summed E-state index contributed by atoms with van der Waals surface area (Å²) in [6, 6.07) is 63.0. The van der Waals surface area contributed by atoms with Crippen LogP contribution in [0.5, 0.6) is 0 Å². The Balaban J connectivity index is 1.18. The van der Waals surface area contributed by atoms with Crippen molar-refractivity contribution in [2.75, 3.05) is 0 Å². The second kappa shape index (κ2) is 10.9. The van der Waals surface area contributed by atoms with Gasteiger partial charge in [-0.2, -0.15) is 0 Å². The van der Waals surface area contributed by atoms with E-state index in [9.17, 15) is 0 Å². The van der Waals surface area contributed by atoms with E-state index in [0.29, 0.717) is 0 Å². The van der Waals surface area contributed by atoms with Gasteiger partial charge in [0.25, 0.3) is 0 Å². The molecule has 0 N–H and O–H groups in total. The van der Waals surface area contributed by atoms with Crippen molar-refractivity contribution in [3.8, 4) is 33.4 Å². The van der Waals surface area contributed by atoms with Crippen LogP contribution >= 0.6 is 22.7 Å². The maximum atomic E-state index is 2.45. The quantitative estimate of drug-likeness (QED) is 0.164. The van der Waals surface area contributed by atoms with Crippen molar-refractivity contribution >= 4 is 95.3 Å². The van der Waals surface area contributed by atoms with Crippen LogP contribution in [0.25, 0.3) is 106 Å². The highest BCUT2D eigenvalue weighted by molar-refractivity contribution is 7.33. The van der Waals surface area contributed by atoms with E-state index in [0.717, 1.165) is 0 Å². The van der Waals surface area contributed by atoms with Crippen LogP contribution in [-0.2, 0) is 0 Å². The highest BCUT2D eigenvalue weighted by atomic mass is 32.1. The summed E-state index contributed by atoms with van der Waals surface area (Å²) in [6.45, 7) is 0. The van der Waals surface area contributed by atoms with Gasteiger partial charge in [-0.05, 0) is 83.9 Å². The van der Waals surface area contributed by atoms with Gasteiger partial charge in [-0.1, -0.05) is 152 Å². The van der Waals surface area contributed by atoms with Gasteiger partial charge in [0.1, 0.15) is 0 Å². The molecule has 0 saturated carbocycles. The van der Waals surface area contributed by atoms with Crippen LogP contribution in [0.2, 0.25) is 0 Å². The SMILES string of the molecule is c1ccc(-c2ccc(-c3c4ccccc4c(-c4ccc5sc6c(ccc7c8ccccc8sc76)c5c4)c4ccccc34)c3ccccc23)cc1. The fraction of sp³-hybridized carbons (Fsp3) is 0. The summed E-state index contributed by atoms with van der Waals surface area (Å²) in [5.41, 5.74) is 7.63. The van der Waals surface area contributed by atoms with Crippen LogP contribution in [-0.4, -0.2) is 0 Å². The van der Waals surface area contributed by atoms with Gasteiger partial charge in [0.05, 0.1) is 9.40 Å². The average Bonchev–Trinajstić information content (AvgIpc) is 3.75. The number of hydrogen-bond donors (Lipinski definition) is 0. The first-order valence-corrected chi connectivity index (χ1v) is 18.7. The van der Waals surface area contributed by atoms with E-state index in [1.54, 1.807) is 0 Å². The lowest BCUT2D eigenvalue weighted by atomic mass is 9.83. The molecule has 11 aromatic rings. The van der Waals surface area contributed by atoms with Crippen LogP contribution in [0, 0.1) is 0 Å². The molecule has 2 aromatic heterocycles. The molecule has 0 aliphatic carbocycles. The number of fused-ring (bicyclic) bond motifs is 10. The molecular weight excluding hydrogens is 641 g/mol. The molecule has 0 atom stereocenters. The van der Waals surface area contributed by atoms with Gasteiger partial charge in [-0.15, -0.1) is 22.7 Å². The van der Waals surface area contributed by atoms with Crippen molar-refractivity contribution in [1.82, 2.24) is 0 Å². The number of hydrogen-bond acceptors (Lipinski definition) is 2. The van der Waals surface area contributed by atoms with E-state index < -0.39 is 0 Å². The van der Waals surface area contributed by atoms with Crippen molar-refractivity contribution < 1.29 is 0 Å². The Labute approximate surface area is 297 Å². The molecule has 11 rings (SSSR count). The van der Waals surface area contributed by atoms with Gasteiger partial charge in [0, 0.05) is 30.9 Å². The average molecular weight is 669 g/mol. The summed E-state index contributed by atoms with van der Waals surface area (Å²) < 4.78 is 5.49. The topological polar surface area (TPSA) is 0 Å². The molecule has 50 heavy (non-hydrogen) atoms. The zero-order chi connectivity index (χ0) is 32.8. The normalized spacial score (nSPS) is 12.0. The molecule has 0 amide bonds. The Morgan fingerprint density at radius 1 is 0.260 bits per heavy atom. The minimum Gasteiger partial charge on any atom is -0.134 e. The lowest BCUT2D eigenvalue weighted by Crippen LogP contribution is -1.92. The molecule has 0 saturated heterocycles. The summed E-state index contributed by atoms with van der Waals surface area (Å²) in [5, 5.41) is 13.1. The van der Waals surface area contributed by atoms with Gasteiger partial charge in [-0.25, -0.2) is 0 Å². The van der Waals surface area contributed by atoms with E-state index in [1.807, 2.05) is 22.7 Å². The minimum absolute atomic E-state index is 1.24. The molecule has 0 aliphatic heterocycles. The smallest absolute Gasteiger partial charge is 0.0534 e. The van der Waals surface area contributed by atoms with Crippen LogP contribution in [0.4, 0.5) is 0 Å². The highest BCUT2D eigenvalue weighted by Gasteiger charge is 2.20. The van der Waals surface area contributed by atoms with Gasteiger partial charge >= 0.3 is 0 Å². The molecule has 0 fully saturated rings. The predicted octanol–water partition coefficient (Wildman–Crippen LogP) is 14.9. The molecule has 0 bridgehead atoms. The van der Waals surface area contributed by atoms with Gasteiger partial charge in [0.15, 0.2) is 0 Å². The highest BCUT2D eigenvalue weighted by Crippen LogP contribution is 2.49. The summed E-state index contributed by atoms with van der Waals surface area (Å²) in [5.74, 6) is 0. The van der Waals surface area contributed by atoms with E-state index in [2.05, 4.69) is 170 Å². The second-order valence-electron chi connectivity index (χ2n) is 13.1. The minimum atomic E-state index is 1.24. The lowest BCUT2D eigenvalue weighted by Gasteiger charge is -2.19. The third kappa shape index (κ3) is 4.04. The van der Waals surface area contributed by atoms with E-state index in [1.165, 1.54) is 106 Å². The number of rotatable bonds is 3. The van der Waals surface area contributed by atoms with E-state index in [-0.39, 0.29) is 0 Å². The van der Waals surface area contributed by atoms with E-state index >= 15 is 0 Å². The molecular formula is C48H28S2. The zero-order valence-corrected chi connectivity index (χ0v) is 28.6. The fourth-order valence-corrected chi connectivity index (χ4v) is 10.8. The van der Waals surface area contributed by atoms with Gasteiger partial charge in [-0.3, -0.25) is 0 Å². The summed E-state index contributed by atoms with van der Waals surface area (Å²) >= 11 is 3.85. The molecule has 0 nitrogen and oxygen atoms in total. The molecule has 0 aliphatic rings. The largest absolute Gasteiger partial charge is 0.134 e. The van der Waals surface area contributed by atoms with Crippen molar-refractivity contribution in [1.29, 1.82) is 0 Å². The fourth-order valence-electron chi connectivity index (χ4n) is 8.29. The van der Waals surface area contributed by atoms with Crippen molar-refractivity contribution in [2.24, 2.45) is 0 Å². The van der Waals surface area contributed by atoms with Gasteiger partial charge < -0.3 is 0 Å². The first-order chi connectivity index (χ1) is 24.8. The number of thiophene rings is 2. The Morgan fingerprint density at radius 2 is 0.740 bits per heavy atom. The third-order valence-corrected chi connectivity index (χ3v) is 13.0. The Kier molecular flexibility index (Phi) is 6.09. The van der Waals surface area contributed by atoms with Crippen molar-refractivity contribution in [2.45, 2.75) is 0 Å². The van der Waals surface area contributed by atoms with Crippen LogP contribution in [0.15, 0.2) is 170 Å².